The Bertz CT molecular complexity index is 928. The summed E-state index contributed by atoms with van der Waals surface area (Å²) in [4.78, 5) is 13.6. The molecule has 34 heavy (non-hydrogen) atoms. The Balaban J connectivity index is 1.27. The molecule has 9 heteroatoms. The minimum Gasteiger partial charge on any atom is -0.354 e. The predicted octanol–water partition coefficient (Wildman–Crippen LogP) is 4.29. The normalized spacial score (nSPS) is 32.1. The molecule has 0 atom stereocenters. The molecular formula is C25H33F3N6. The zero-order chi connectivity index (χ0) is 24.1. The third kappa shape index (κ3) is 4.37. The molecule has 1 aliphatic heterocycles. The molecule has 0 radical (unpaired) electrons. The number of amidine groups is 1. The van der Waals surface area contributed by atoms with Crippen LogP contribution in [-0.4, -0.2) is 53.5 Å². The van der Waals surface area contributed by atoms with E-state index < -0.39 is 17.3 Å². The second-order valence-corrected chi connectivity index (χ2v) is 11.1. The number of piperazine rings is 1. The summed E-state index contributed by atoms with van der Waals surface area (Å²) in [5.74, 6) is 4.34. The van der Waals surface area contributed by atoms with Crippen molar-refractivity contribution in [3.8, 4) is 6.19 Å². The summed E-state index contributed by atoms with van der Waals surface area (Å²) in [5, 5.41) is 12.4. The van der Waals surface area contributed by atoms with Crippen LogP contribution in [0.2, 0.25) is 0 Å². The van der Waals surface area contributed by atoms with Crippen LogP contribution in [0.3, 0.4) is 0 Å². The fourth-order valence-corrected chi connectivity index (χ4v) is 7.04. The molecule has 4 aliphatic carbocycles. The van der Waals surface area contributed by atoms with Gasteiger partial charge in [-0.3, -0.25) is 15.2 Å². The molecule has 1 aromatic rings. The summed E-state index contributed by atoms with van der Waals surface area (Å²) in [5.41, 5.74) is -1.17. The first kappa shape index (κ1) is 23.4. The average molecular weight is 475 g/mol. The molecule has 0 unspecified atom stereocenters. The highest BCUT2D eigenvalue weighted by molar-refractivity contribution is 5.92. The molecule has 1 N–H and O–H groups in total. The maximum Gasteiger partial charge on any atom is 0.417 e. The van der Waals surface area contributed by atoms with Crippen molar-refractivity contribution in [1.82, 2.24) is 15.2 Å². The van der Waals surface area contributed by atoms with Gasteiger partial charge in [0, 0.05) is 32.4 Å². The van der Waals surface area contributed by atoms with Crippen molar-refractivity contribution in [2.75, 3.05) is 31.1 Å². The Labute approximate surface area is 199 Å². The van der Waals surface area contributed by atoms with Crippen LogP contribution in [0.1, 0.15) is 51.5 Å². The highest BCUT2D eigenvalue weighted by Gasteiger charge is 2.49. The van der Waals surface area contributed by atoms with Gasteiger partial charge in [-0.25, -0.2) is 4.98 Å². The van der Waals surface area contributed by atoms with Crippen molar-refractivity contribution in [2.45, 2.75) is 63.7 Å². The topological polar surface area (TPSA) is 67.6 Å². The van der Waals surface area contributed by atoms with E-state index in [9.17, 15) is 18.4 Å². The Kier molecular flexibility index (Phi) is 5.99. The number of halogens is 3. The SMILES string of the molecule is CC(C)(C(=NC1C2CC3CC(C2)CC1C3)NC#N)N1CCN(c2ccc(C(F)(F)F)cn2)CC1. The van der Waals surface area contributed by atoms with Crippen LogP contribution < -0.4 is 10.2 Å². The third-order valence-corrected chi connectivity index (χ3v) is 8.68. The number of hydrogen-bond donors (Lipinski definition) is 1. The maximum absolute atomic E-state index is 12.8. The van der Waals surface area contributed by atoms with Crippen molar-refractivity contribution >= 4 is 11.7 Å². The van der Waals surface area contributed by atoms with Gasteiger partial charge in [0.15, 0.2) is 6.19 Å². The first-order chi connectivity index (χ1) is 16.1. The van der Waals surface area contributed by atoms with E-state index in [-0.39, 0.29) is 0 Å². The van der Waals surface area contributed by atoms with E-state index in [2.05, 4.69) is 35.2 Å². The third-order valence-electron chi connectivity index (χ3n) is 8.68. The quantitative estimate of drug-likeness (QED) is 0.305. The standard InChI is InChI=1S/C25H33F3N6/c1-24(2,23(31-15-29)32-22-18-10-16-9-17(12-18)13-19(22)11-16)34-7-5-33(6-8-34)21-4-3-20(14-30-21)25(26,27)28/h3-4,14,16-19,22H,5-13H2,1-2H3,(H,31,32). The molecule has 6 rings (SSSR count). The number of pyridine rings is 1. The summed E-state index contributed by atoms with van der Waals surface area (Å²) >= 11 is 0. The summed E-state index contributed by atoms with van der Waals surface area (Å²) < 4.78 is 38.5. The van der Waals surface area contributed by atoms with Crippen LogP contribution in [0.5, 0.6) is 0 Å². The highest BCUT2D eigenvalue weighted by Crippen LogP contribution is 2.54. The van der Waals surface area contributed by atoms with E-state index in [4.69, 9.17) is 4.99 Å². The molecule has 4 saturated carbocycles. The number of alkyl halides is 3. The van der Waals surface area contributed by atoms with E-state index in [1.807, 2.05) is 4.90 Å². The molecule has 6 nitrogen and oxygen atoms in total. The Morgan fingerprint density at radius 2 is 1.65 bits per heavy atom. The molecule has 5 fully saturated rings. The van der Waals surface area contributed by atoms with Gasteiger partial charge in [-0.05, 0) is 81.8 Å². The molecule has 1 saturated heterocycles. The zero-order valence-corrected chi connectivity index (χ0v) is 19.9. The van der Waals surface area contributed by atoms with Gasteiger partial charge in [-0.1, -0.05) is 0 Å². The molecule has 184 valence electrons. The number of rotatable bonds is 4. The monoisotopic (exact) mass is 474 g/mol. The zero-order valence-electron chi connectivity index (χ0n) is 19.9. The van der Waals surface area contributed by atoms with Crippen molar-refractivity contribution in [1.29, 1.82) is 5.26 Å². The predicted molar refractivity (Wildman–Crippen MR) is 124 cm³/mol. The van der Waals surface area contributed by atoms with Crippen LogP contribution in [-0.2, 0) is 6.18 Å². The van der Waals surface area contributed by atoms with Crippen LogP contribution >= 0.6 is 0 Å². The summed E-state index contributed by atoms with van der Waals surface area (Å²) in [6, 6.07) is 2.84. The number of nitrogens with one attached hydrogen (secondary N) is 1. The maximum atomic E-state index is 12.8. The second kappa shape index (κ2) is 8.71. The summed E-state index contributed by atoms with van der Waals surface area (Å²) in [6.07, 6.45) is 5.15. The second-order valence-electron chi connectivity index (χ2n) is 11.1. The van der Waals surface area contributed by atoms with Gasteiger partial charge in [0.05, 0.1) is 17.1 Å². The number of nitrogens with zero attached hydrogens (tertiary/aromatic N) is 5. The first-order valence-electron chi connectivity index (χ1n) is 12.4. The Morgan fingerprint density at radius 3 is 2.15 bits per heavy atom. The van der Waals surface area contributed by atoms with Gasteiger partial charge in [0.2, 0.25) is 0 Å². The van der Waals surface area contributed by atoms with Gasteiger partial charge in [0.1, 0.15) is 11.7 Å². The Morgan fingerprint density at radius 1 is 1.03 bits per heavy atom. The minimum atomic E-state index is -4.38. The fraction of sp³-hybridized carbons (Fsp3) is 0.720. The lowest BCUT2D eigenvalue weighted by molar-refractivity contribution is -0.137. The lowest BCUT2D eigenvalue weighted by atomic mass is 9.54. The van der Waals surface area contributed by atoms with E-state index in [0.29, 0.717) is 49.9 Å². The number of aromatic nitrogens is 1. The number of aliphatic imine (C=N–C) groups is 1. The van der Waals surface area contributed by atoms with Crippen molar-refractivity contribution in [3.05, 3.63) is 23.9 Å². The average Bonchev–Trinajstić information content (AvgIpc) is 2.80. The molecule has 2 heterocycles. The smallest absolute Gasteiger partial charge is 0.354 e. The van der Waals surface area contributed by atoms with Crippen molar-refractivity contribution in [2.24, 2.45) is 28.7 Å². The van der Waals surface area contributed by atoms with Gasteiger partial charge >= 0.3 is 6.18 Å². The van der Waals surface area contributed by atoms with E-state index in [1.165, 1.54) is 38.2 Å². The van der Waals surface area contributed by atoms with Crippen molar-refractivity contribution < 1.29 is 13.2 Å². The van der Waals surface area contributed by atoms with Gasteiger partial charge in [-0.2, -0.15) is 18.4 Å². The van der Waals surface area contributed by atoms with Gasteiger partial charge in [0.25, 0.3) is 0 Å². The lowest BCUT2D eigenvalue weighted by Crippen LogP contribution is -2.61. The summed E-state index contributed by atoms with van der Waals surface area (Å²) in [6.45, 7) is 6.95. The highest BCUT2D eigenvalue weighted by atomic mass is 19.4. The molecular weight excluding hydrogens is 441 g/mol. The largest absolute Gasteiger partial charge is 0.417 e. The van der Waals surface area contributed by atoms with Crippen LogP contribution in [0.25, 0.3) is 0 Å². The molecule has 4 bridgehead atoms. The van der Waals surface area contributed by atoms with Gasteiger partial charge in [-0.15, -0.1) is 0 Å². The minimum absolute atomic E-state index is 0.306. The summed E-state index contributed by atoms with van der Waals surface area (Å²) in [7, 11) is 0. The molecule has 0 aromatic carbocycles. The first-order valence-corrected chi connectivity index (χ1v) is 12.4. The molecule has 1 aromatic heterocycles. The molecule has 0 amide bonds. The number of anilines is 1. The molecule has 5 aliphatic rings. The lowest BCUT2D eigenvalue weighted by Gasteiger charge is -2.53. The number of hydrogen-bond acceptors (Lipinski definition) is 5. The number of nitriles is 1. The molecule has 0 spiro atoms. The Hall–Kier alpha value is -2.34. The van der Waals surface area contributed by atoms with Crippen LogP contribution in [0.4, 0.5) is 19.0 Å². The van der Waals surface area contributed by atoms with Crippen LogP contribution in [0.15, 0.2) is 23.3 Å². The van der Waals surface area contributed by atoms with E-state index >= 15 is 0 Å². The van der Waals surface area contributed by atoms with E-state index in [1.54, 1.807) is 0 Å². The van der Waals surface area contributed by atoms with Gasteiger partial charge < -0.3 is 4.90 Å². The van der Waals surface area contributed by atoms with Crippen molar-refractivity contribution in [3.63, 3.8) is 0 Å². The fourth-order valence-electron chi connectivity index (χ4n) is 7.04. The van der Waals surface area contributed by atoms with Crippen LogP contribution in [0, 0.1) is 35.1 Å². The van der Waals surface area contributed by atoms with E-state index in [0.717, 1.165) is 29.9 Å².